The Bertz CT molecular complexity index is 1190. The molecule has 2 aromatic carbocycles. The normalized spacial score (nSPS) is 13.4. The summed E-state index contributed by atoms with van der Waals surface area (Å²) in [6.45, 7) is 2.05. The van der Waals surface area contributed by atoms with Gasteiger partial charge in [0.2, 0.25) is 0 Å². The van der Waals surface area contributed by atoms with Crippen molar-refractivity contribution in [1.29, 1.82) is 0 Å². The van der Waals surface area contributed by atoms with Gasteiger partial charge in [0, 0.05) is 5.92 Å². The molecule has 0 fully saturated rings. The number of rotatable bonds is 7. The van der Waals surface area contributed by atoms with E-state index in [2.05, 4.69) is 75.6 Å². The Morgan fingerprint density at radius 3 is 2.28 bits per heavy atom. The quantitative estimate of drug-likeness (QED) is 0.449. The zero-order valence-corrected chi connectivity index (χ0v) is 16.3. The van der Waals surface area contributed by atoms with Gasteiger partial charge in [0.25, 0.3) is 11.1 Å². The summed E-state index contributed by atoms with van der Waals surface area (Å²) in [6, 6.07) is 21.0. The molecule has 2 atom stereocenters. The summed E-state index contributed by atoms with van der Waals surface area (Å²) in [6.07, 6.45) is 2.80. The van der Waals surface area contributed by atoms with Crippen molar-refractivity contribution in [2.75, 3.05) is 0 Å². The second-order valence-electron chi connectivity index (χ2n) is 7.53. The number of hydrogen-bond acceptors (Lipinski definition) is 3. The summed E-state index contributed by atoms with van der Waals surface area (Å²) in [5.41, 5.74) is 2.09. The average molecular weight is 388 g/mol. The lowest BCUT2D eigenvalue weighted by Crippen LogP contribution is -2.18. The van der Waals surface area contributed by atoms with Gasteiger partial charge >= 0.3 is 0 Å². The zero-order valence-electron chi connectivity index (χ0n) is 16.3. The van der Waals surface area contributed by atoms with Gasteiger partial charge in [-0.15, -0.1) is 0 Å². The molecule has 148 valence electrons. The number of benzene rings is 2. The molecular weight excluding hydrogens is 364 g/mol. The first kappa shape index (κ1) is 18.9. The van der Waals surface area contributed by atoms with Crippen molar-refractivity contribution < 1.29 is 0 Å². The van der Waals surface area contributed by atoms with Crippen molar-refractivity contribution in [2.45, 2.75) is 38.0 Å². The molecule has 0 amide bonds. The largest absolute Gasteiger partial charge is 0.309 e. The minimum absolute atomic E-state index is 0.0483. The molecular formula is C23H24N4O2. The smallest absolute Gasteiger partial charge is 0.279 e. The molecule has 0 saturated heterocycles. The van der Waals surface area contributed by atoms with E-state index >= 15 is 0 Å². The van der Waals surface area contributed by atoms with Crippen LogP contribution in [0, 0.1) is 0 Å². The maximum atomic E-state index is 12.3. The highest BCUT2D eigenvalue weighted by atomic mass is 16.1. The van der Waals surface area contributed by atoms with Gasteiger partial charge in [-0.25, -0.2) is 4.98 Å². The highest BCUT2D eigenvalue weighted by Gasteiger charge is 2.18. The van der Waals surface area contributed by atoms with Gasteiger partial charge in [-0.3, -0.25) is 19.8 Å². The molecule has 3 N–H and O–H groups in total. The van der Waals surface area contributed by atoms with Gasteiger partial charge in [-0.2, -0.15) is 0 Å². The molecule has 0 aliphatic heterocycles. The van der Waals surface area contributed by atoms with Crippen LogP contribution in [0.15, 0.2) is 70.3 Å². The summed E-state index contributed by atoms with van der Waals surface area (Å²) in [7, 11) is 0. The summed E-state index contributed by atoms with van der Waals surface area (Å²) in [4.78, 5) is 31.2. The van der Waals surface area contributed by atoms with Gasteiger partial charge < -0.3 is 4.98 Å². The number of nitrogens with one attached hydrogen (secondary N) is 3. The van der Waals surface area contributed by atoms with Crippen LogP contribution in [0.4, 0.5) is 0 Å². The summed E-state index contributed by atoms with van der Waals surface area (Å²) >= 11 is 0. The minimum atomic E-state index is -0.444. The molecule has 0 radical (unpaired) electrons. The van der Waals surface area contributed by atoms with Crippen LogP contribution in [-0.2, 0) is 6.42 Å². The van der Waals surface area contributed by atoms with E-state index in [9.17, 15) is 9.59 Å². The Labute approximate surface area is 168 Å². The molecule has 4 rings (SSSR count). The second-order valence-corrected chi connectivity index (χ2v) is 7.53. The minimum Gasteiger partial charge on any atom is -0.309 e. The molecule has 0 saturated carbocycles. The van der Waals surface area contributed by atoms with Gasteiger partial charge in [0.05, 0.1) is 0 Å². The predicted molar refractivity (Wildman–Crippen MR) is 114 cm³/mol. The number of aromatic nitrogens is 4. The molecule has 6 heteroatoms. The van der Waals surface area contributed by atoms with E-state index in [4.69, 9.17) is 0 Å². The van der Waals surface area contributed by atoms with Crippen molar-refractivity contribution >= 4 is 11.0 Å². The molecule has 0 aliphatic carbocycles. The Balaban J connectivity index is 1.54. The van der Waals surface area contributed by atoms with Crippen molar-refractivity contribution in [3.8, 4) is 0 Å². The number of H-pyrrole nitrogens is 3. The summed E-state index contributed by atoms with van der Waals surface area (Å²) in [5.74, 6) is 1.04. The van der Waals surface area contributed by atoms with E-state index in [-0.39, 0.29) is 11.3 Å². The number of fused-ring (bicyclic) bond motifs is 1. The molecule has 29 heavy (non-hydrogen) atoms. The number of hydrogen-bond donors (Lipinski definition) is 3. The highest BCUT2D eigenvalue weighted by Crippen LogP contribution is 2.29. The van der Waals surface area contributed by atoms with E-state index in [1.165, 1.54) is 11.1 Å². The molecule has 2 heterocycles. The average Bonchev–Trinajstić information content (AvgIpc) is 3.13. The van der Waals surface area contributed by atoms with E-state index < -0.39 is 11.1 Å². The van der Waals surface area contributed by atoms with E-state index in [0.29, 0.717) is 17.4 Å². The Kier molecular flexibility index (Phi) is 5.42. The fraction of sp³-hybridized carbons (Fsp3) is 0.261. The maximum Gasteiger partial charge on any atom is 0.279 e. The SMILES string of the molecule is CC(CCC(Cc1ccccc1)c1ccccc1)c1nc2[nH][nH]c(=O)c2c(=O)[nH]1. The van der Waals surface area contributed by atoms with Crippen LogP contribution < -0.4 is 11.1 Å². The number of nitrogens with zero attached hydrogens (tertiary/aromatic N) is 1. The van der Waals surface area contributed by atoms with Crippen LogP contribution in [0.25, 0.3) is 11.0 Å². The molecule has 0 spiro atoms. The Hall–Kier alpha value is -3.41. The Morgan fingerprint density at radius 1 is 0.862 bits per heavy atom. The molecule has 2 unspecified atom stereocenters. The molecule has 4 aromatic rings. The monoisotopic (exact) mass is 388 g/mol. The number of aromatic amines is 3. The van der Waals surface area contributed by atoms with E-state index in [0.717, 1.165) is 19.3 Å². The van der Waals surface area contributed by atoms with Crippen LogP contribution in [0.1, 0.15) is 48.6 Å². The highest BCUT2D eigenvalue weighted by molar-refractivity contribution is 5.71. The lowest BCUT2D eigenvalue weighted by molar-refractivity contribution is 0.530. The predicted octanol–water partition coefficient (Wildman–Crippen LogP) is 3.85. The standard InChI is InChI=1S/C23H24N4O2/c1-15(20-24-21-19(22(28)25-20)23(29)27-26-21)12-13-18(17-10-6-3-7-11-17)14-16-8-4-2-5-9-16/h2-11,15,18H,12-14H2,1H3,(H3,24,25,26,27,28,29). The summed E-state index contributed by atoms with van der Waals surface area (Å²) < 4.78 is 0. The lowest BCUT2D eigenvalue weighted by Gasteiger charge is -2.20. The molecule has 0 bridgehead atoms. The van der Waals surface area contributed by atoms with E-state index in [1.54, 1.807) is 0 Å². The van der Waals surface area contributed by atoms with Crippen LogP contribution in [0.2, 0.25) is 0 Å². The first-order valence-corrected chi connectivity index (χ1v) is 9.91. The topological polar surface area (TPSA) is 94.4 Å². The Morgan fingerprint density at radius 2 is 1.55 bits per heavy atom. The lowest BCUT2D eigenvalue weighted by atomic mass is 9.86. The molecule has 2 aromatic heterocycles. The molecule has 0 aliphatic rings. The van der Waals surface area contributed by atoms with E-state index in [1.807, 2.05) is 12.1 Å². The second kappa shape index (κ2) is 8.31. The van der Waals surface area contributed by atoms with Crippen molar-refractivity contribution in [3.63, 3.8) is 0 Å². The van der Waals surface area contributed by atoms with Crippen molar-refractivity contribution in [1.82, 2.24) is 20.2 Å². The van der Waals surface area contributed by atoms with Gasteiger partial charge in [-0.05, 0) is 36.3 Å². The van der Waals surface area contributed by atoms with Crippen LogP contribution in [-0.4, -0.2) is 20.2 Å². The zero-order chi connectivity index (χ0) is 20.2. The van der Waals surface area contributed by atoms with Crippen molar-refractivity contribution in [3.05, 3.63) is 98.3 Å². The van der Waals surface area contributed by atoms with Gasteiger partial charge in [0.1, 0.15) is 5.82 Å². The third-order valence-corrected chi connectivity index (χ3v) is 5.47. The third kappa shape index (κ3) is 4.21. The van der Waals surface area contributed by atoms with Crippen molar-refractivity contribution in [2.24, 2.45) is 0 Å². The third-order valence-electron chi connectivity index (χ3n) is 5.47. The van der Waals surface area contributed by atoms with Gasteiger partial charge in [0.15, 0.2) is 11.0 Å². The van der Waals surface area contributed by atoms with Gasteiger partial charge in [-0.1, -0.05) is 67.6 Å². The van der Waals surface area contributed by atoms with Crippen LogP contribution in [0.3, 0.4) is 0 Å². The van der Waals surface area contributed by atoms with Crippen LogP contribution in [0.5, 0.6) is 0 Å². The first-order chi connectivity index (χ1) is 14.1. The first-order valence-electron chi connectivity index (χ1n) is 9.91. The molecule has 6 nitrogen and oxygen atoms in total. The fourth-order valence-corrected chi connectivity index (χ4v) is 3.80. The fourth-order valence-electron chi connectivity index (χ4n) is 3.80. The van der Waals surface area contributed by atoms with Crippen LogP contribution >= 0.6 is 0 Å². The maximum absolute atomic E-state index is 12.3. The summed E-state index contributed by atoms with van der Waals surface area (Å²) in [5, 5.41) is 5.15.